The number of hydrogen-bond acceptors (Lipinski definition) is 8. The van der Waals surface area contributed by atoms with Gasteiger partial charge in [0.25, 0.3) is 5.91 Å². The van der Waals surface area contributed by atoms with Gasteiger partial charge in [0.2, 0.25) is 13.4 Å². The number of aromatic nitrogens is 2. The highest BCUT2D eigenvalue weighted by Crippen LogP contribution is 2.32. The van der Waals surface area contributed by atoms with E-state index >= 15 is 0 Å². The quantitative estimate of drug-likeness (QED) is 0.418. The molecule has 0 unspecified atom stereocenters. The number of esters is 1. The van der Waals surface area contributed by atoms with Gasteiger partial charge in [-0.25, -0.2) is 4.79 Å². The molecular weight excluding hydrogens is 392 g/mol. The fourth-order valence-corrected chi connectivity index (χ4v) is 2.82. The lowest BCUT2D eigenvalue weighted by Gasteiger charge is -2.13. The highest BCUT2D eigenvalue weighted by atomic mass is 16.7. The van der Waals surface area contributed by atoms with Crippen molar-refractivity contribution in [2.24, 2.45) is 12.2 Å². The van der Waals surface area contributed by atoms with Gasteiger partial charge in [-0.2, -0.15) is 5.10 Å². The summed E-state index contributed by atoms with van der Waals surface area (Å²) in [5, 5.41) is 10.9. The van der Waals surface area contributed by atoms with Crippen LogP contribution in [0.25, 0.3) is 0 Å². The molecule has 1 aromatic carbocycles. The van der Waals surface area contributed by atoms with Crippen molar-refractivity contribution in [3.8, 4) is 11.5 Å². The van der Waals surface area contributed by atoms with Gasteiger partial charge in [0.05, 0.1) is 22.8 Å². The zero-order valence-electron chi connectivity index (χ0n) is 17.5. The molecule has 160 valence electrons. The van der Waals surface area contributed by atoms with Crippen LogP contribution in [0.1, 0.15) is 30.8 Å². The number of nitrogens with one attached hydrogen (secondary N) is 1. The van der Waals surface area contributed by atoms with Crippen LogP contribution in [0.2, 0.25) is 0 Å². The smallest absolute Gasteiger partial charge is 0.347 e. The number of anilines is 1. The molecule has 10 nitrogen and oxygen atoms in total. The van der Waals surface area contributed by atoms with E-state index in [0.717, 1.165) is 11.3 Å². The lowest BCUT2D eigenvalue weighted by molar-refractivity contribution is -0.157. The molecule has 0 spiro atoms. The van der Waals surface area contributed by atoms with Gasteiger partial charge in [0.15, 0.2) is 17.6 Å². The average Bonchev–Trinajstić information content (AvgIpc) is 3.26. The number of ether oxygens (including phenoxy) is 3. The van der Waals surface area contributed by atoms with Crippen LogP contribution in [0.15, 0.2) is 23.4 Å². The Morgan fingerprint density at radius 1 is 1.30 bits per heavy atom. The zero-order chi connectivity index (χ0) is 21.8. The maximum absolute atomic E-state index is 12.3. The topological polar surface area (TPSA) is 113 Å². The van der Waals surface area contributed by atoms with Crippen LogP contribution in [0.5, 0.6) is 11.5 Å². The Balaban J connectivity index is 1.49. The minimum atomic E-state index is -1.00. The largest absolute Gasteiger partial charge is 0.454 e. The van der Waals surface area contributed by atoms with Crippen LogP contribution in [-0.4, -0.2) is 46.9 Å². The summed E-state index contributed by atoms with van der Waals surface area (Å²) in [4.78, 5) is 29.3. The van der Waals surface area contributed by atoms with Gasteiger partial charge in [-0.15, -0.1) is 0 Å². The van der Waals surface area contributed by atoms with Crippen molar-refractivity contribution in [3.05, 3.63) is 35.2 Å². The van der Waals surface area contributed by atoms with Crippen molar-refractivity contribution in [2.45, 2.75) is 33.8 Å². The summed E-state index contributed by atoms with van der Waals surface area (Å²) >= 11 is 0. The Bertz CT molecular complexity index is 997. The lowest BCUT2D eigenvalue weighted by atomic mass is 10.1. The SMILES string of the molecule is C/C(=N/OCC(=O)O[C@H](C)C(=O)Nc1c(C)nn(C)c1C)c1ccc2c(c1)OCO2. The van der Waals surface area contributed by atoms with Gasteiger partial charge in [-0.3, -0.25) is 9.48 Å². The zero-order valence-corrected chi connectivity index (χ0v) is 17.5. The van der Waals surface area contributed by atoms with Gasteiger partial charge in [-0.1, -0.05) is 5.16 Å². The second-order valence-electron chi connectivity index (χ2n) is 6.81. The van der Waals surface area contributed by atoms with Gasteiger partial charge in [0, 0.05) is 12.6 Å². The highest BCUT2D eigenvalue weighted by molar-refractivity contribution is 5.99. The highest BCUT2D eigenvalue weighted by Gasteiger charge is 2.21. The first-order valence-electron chi connectivity index (χ1n) is 9.33. The summed E-state index contributed by atoms with van der Waals surface area (Å²) in [7, 11) is 1.78. The predicted octanol–water partition coefficient (Wildman–Crippen LogP) is 2.08. The maximum Gasteiger partial charge on any atom is 0.347 e. The third-order valence-electron chi connectivity index (χ3n) is 4.61. The Morgan fingerprint density at radius 3 is 2.73 bits per heavy atom. The van der Waals surface area contributed by atoms with Crippen molar-refractivity contribution >= 4 is 23.3 Å². The molecule has 0 bridgehead atoms. The maximum atomic E-state index is 12.3. The Labute approximate surface area is 173 Å². The second-order valence-corrected chi connectivity index (χ2v) is 6.81. The van der Waals surface area contributed by atoms with Crippen LogP contribution in [0.3, 0.4) is 0 Å². The molecule has 2 heterocycles. The normalized spacial score (nSPS) is 13.7. The summed E-state index contributed by atoms with van der Waals surface area (Å²) in [6.07, 6.45) is -1.00. The predicted molar refractivity (Wildman–Crippen MR) is 108 cm³/mol. The lowest BCUT2D eigenvalue weighted by Crippen LogP contribution is -2.31. The monoisotopic (exact) mass is 416 g/mol. The molecule has 0 saturated carbocycles. The minimum Gasteiger partial charge on any atom is -0.454 e. The minimum absolute atomic E-state index is 0.184. The van der Waals surface area contributed by atoms with Crippen LogP contribution >= 0.6 is 0 Å². The summed E-state index contributed by atoms with van der Waals surface area (Å²) in [6.45, 7) is 6.59. The second kappa shape index (κ2) is 8.85. The molecule has 1 aliphatic rings. The Kier molecular flexibility index (Phi) is 6.24. The van der Waals surface area contributed by atoms with E-state index in [2.05, 4.69) is 15.6 Å². The average molecular weight is 416 g/mol. The van der Waals surface area contributed by atoms with Crippen molar-refractivity contribution in [2.75, 3.05) is 18.7 Å². The van der Waals surface area contributed by atoms with Gasteiger partial charge in [-0.05, 0) is 45.9 Å². The van der Waals surface area contributed by atoms with E-state index in [1.165, 1.54) is 6.92 Å². The van der Waals surface area contributed by atoms with E-state index in [-0.39, 0.29) is 6.79 Å². The van der Waals surface area contributed by atoms with Crippen LogP contribution in [0.4, 0.5) is 5.69 Å². The first kappa shape index (κ1) is 21.2. The number of rotatable bonds is 7. The number of carbonyl (C=O) groups excluding carboxylic acids is 2. The molecule has 30 heavy (non-hydrogen) atoms. The molecule has 1 N–H and O–H groups in total. The van der Waals surface area contributed by atoms with Gasteiger partial charge < -0.3 is 24.4 Å². The third kappa shape index (κ3) is 4.70. The molecule has 0 radical (unpaired) electrons. The molecule has 3 rings (SSSR count). The third-order valence-corrected chi connectivity index (χ3v) is 4.61. The van der Waals surface area contributed by atoms with Crippen LogP contribution in [0, 0.1) is 13.8 Å². The molecule has 1 aliphatic heterocycles. The van der Waals surface area contributed by atoms with Crippen LogP contribution in [-0.2, 0) is 26.2 Å². The first-order valence-corrected chi connectivity index (χ1v) is 9.33. The molecule has 2 aromatic rings. The molecule has 0 fully saturated rings. The van der Waals surface area contributed by atoms with Crippen LogP contribution < -0.4 is 14.8 Å². The summed E-state index contributed by atoms with van der Waals surface area (Å²) in [5.41, 5.74) is 3.40. The molecule has 1 atom stereocenters. The van der Waals surface area contributed by atoms with Gasteiger partial charge in [0.1, 0.15) is 0 Å². The summed E-state index contributed by atoms with van der Waals surface area (Å²) in [5.74, 6) is 0.127. The Hall–Kier alpha value is -3.56. The van der Waals surface area contributed by atoms with E-state index < -0.39 is 24.6 Å². The summed E-state index contributed by atoms with van der Waals surface area (Å²) < 4.78 is 17.4. The number of benzene rings is 1. The number of aryl methyl sites for hydroxylation is 2. The van der Waals surface area contributed by atoms with E-state index in [1.807, 2.05) is 13.0 Å². The first-order chi connectivity index (χ1) is 14.3. The van der Waals surface area contributed by atoms with Crippen molar-refractivity contribution < 1.29 is 28.6 Å². The number of oxime groups is 1. The molecule has 0 aliphatic carbocycles. The number of nitrogens with zero attached hydrogens (tertiary/aromatic N) is 3. The van der Waals surface area contributed by atoms with E-state index in [0.29, 0.717) is 28.6 Å². The van der Waals surface area contributed by atoms with E-state index in [9.17, 15) is 9.59 Å². The molecule has 10 heteroatoms. The summed E-state index contributed by atoms with van der Waals surface area (Å²) in [6, 6.07) is 5.36. The van der Waals surface area contributed by atoms with Gasteiger partial charge >= 0.3 is 5.97 Å². The fraction of sp³-hybridized carbons (Fsp3) is 0.400. The standard InChI is InChI=1S/C20H24N4O6/c1-11(15-6-7-16-17(8-15)28-10-27-16)23-29-9-18(25)30-14(4)20(26)21-19-12(2)22-24(5)13(19)3/h6-8,14H,9-10H2,1-5H3,(H,21,26)/b23-11-/t14-/m1/s1. The molecule has 0 saturated heterocycles. The number of carbonyl (C=O) groups is 2. The Morgan fingerprint density at radius 2 is 2.03 bits per heavy atom. The molecule has 1 amide bonds. The van der Waals surface area contributed by atoms with E-state index in [1.54, 1.807) is 37.7 Å². The number of fused-ring (bicyclic) bond motifs is 1. The molecule has 1 aromatic heterocycles. The van der Waals surface area contributed by atoms with E-state index in [4.69, 9.17) is 19.0 Å². The van der Waals surface area contributed by atoms with Crippen molar-refractivity contribution in [1.82, 2.24) is 9.78 Å². The molecular formula is C20H24N4O6. The fourth-order valence-electron chi connectivity index (χ4n) is 2.82. The number of amides is 1. The number of hydrogen-bond donors (Lipinski definition) is 1. The van der Waals surface area contributed by atoms with Crippen molar-refractivity contribution in [3.63, 3.8) is 0 Å². The van der Waals surface area contributed by atoms with Crippen molar-refractivity contribution in [1.29, 1.82) is 0 Å².